The molecule has 0 saturated carbocycles. The number of hydrogen-bond acceptors (Lipinski definition) is 19. The van der Waals surface area contributed by atoms with Crippen LogP contribution in [-0.2, 0) is 51.0 Å². The summed E-state index contributed by atoms with van der Waals surface area (Å²) in [6, 6.07) is 12.7. The minimum Gasteiger partial charge on any atom is -0.456 e. The van der Waals surface area contributed by atoms with E-state index >= 15 is 0 Å². The quantitative estimate of drug-likeness (QED) is 0.105. The summed E-state index contributed by atoms with van der Waals surface area (Å²) in [5.41, 5.74) is 5.95. The molecular weight excluding hydrogens is 910 g/mol. The Labute approximate surface area is 385 Å². The fourth-order valence-corrected chi connectivity index (χ4v) is 6.76. The average Bonchev–Trinajstić information content (AvgIpc) is 4.16. The van der Waals surface area contributed by atoms with Crippen LogP contribution < -0.4 is 25.0 Å². The molecule has 2 saturated heterocycles. The fraction of sp³-hybridized carbons (Fsp3) is 0.381. The van der Waals surface area contributed by atoms with Gasteiger partial charge in [-0.3, -0.25) is 29.0 Å². The molecule has 1 N–H and O–H groups in total. The number of anilines is 4. The number of ether oxygens (including phenoxy) is 4. The van der Waals surface area contributed by atoms with Crippen molar-refractivity contribution in [1.29, 1.82) is 0 Å². The largest absolute Gasteiger partial charge is 0.456 e. The summed E-state index contributed by atoms with van der Waals surface area (Å²) in [6.07, 6.45) is 6.74. The summed E-state index contributed by atoms with van der Waals surface area (Å²) >= 11 is 4.81. The first kappa shape index (κ1) is 48.8. The molecule has 2 atom stereocenters. The Balaban J connectivity index is 0.000000194. The number of halogens is 3. The van der Waals surface area contributed by atoms with Crippen molar-refractivity contribution in [2.75, 3.05) is 72.1 Å². The van der Waals surface area contributed by atoms with Crippen molar-refractivity contribution in [2.45, 2.75) is 51.7 Å². The van der Waals surface area contributed by atoms with E-state index in [1.807, 2.05) is 0 Å². The van der Waals surface area contributed by atoms with Crippen LogP contribution in [0.4, 0.5) is 41.1 Å². The number of cyclic esters (lactones) is 2. The van der Waals surface area contributed by atoms with E-state index in [1.165, 1.54) is 54.6 Å². The SMILES string of the molecule is CC(=O)OCC(=O)Cl.CC(=O)OCC(=O)N1CCN(c2ccc(N3C[C@H](CCc4ccon4)OC3=O)cc2F)C=N1.O=C1O[C@@H](CCc2ccon2)CN1c1ccc(N2C=NNCC2)c(F)c1. The Morgan fingerprint density at radius 3 is 1.66 bits per heavy atom. The molecule has 4 aliphatic heterocycles. The molecule has 4 aliphatic rings. The summed E-state index contributed by atoms with van der Waals surface area (Å²) in [7, 11) is 0. The predicted molar refractivity (Wildman–Crippen MR) is 233 cm³/mol. The molecule has 67 heavy (non-hydrogen) atoms. The number of nitrogens with one attached hydrogen (secondary N) is 1. The molecule has 0 unspecified atom stereocenters. The van der Waals surface area contributed by atoms with Gasteiger partial charge in [0.05, 0.1) is 60.3 Å². The second-order valence-electron chi connectivity index (χ2n) is 14.8. The third kappa shape index (κ3) is 14.2. The van der Waals surface area contributed by atoms with E-state index < -0.39 is 53.5 Å². The van der Waals surface area contributed by atoms with Crippen LogP contribution in [0.1, 0.15) is 38.1 Å². The third-order valence-corrected chi connectivity index (χ3v) is 10.1. The first-order chi connectivity index (χ1) is 32.2. The Bertz CT molecular complexity index is 2410. The van der Waals surface area contributed by atoms with Gasteiger partial charge in [-0.2, -0.15) is 10.2 Å². The van der Waals surface area contributed by atoms with Crippen molar-refractivity contribution in [2.24, 2.45) is 10.2 Å². The zero-order valence-electron chi connectivity index (χ0n) is 36.1. The number of carbonyl (C=O) groups is 6. The lowest BCUT2D eigenvalue weighted by Crippen LogP contribution is -2.42. The van der Waals surface area contributed by atoms with Gasteiger partial charge >= 0.3 is 24.1 Å². The van der Waals surface area contributed by atoms with Gasteiger partial charge < -0.3 is 43.2 Å². The molecule has 2 aromatic carbocycles. The van der Waals surface area contributed by atoms with Gasteiger partial charge in [0.2, 0.25) is 0 Å². The molecule has 25 heteroatoms. The summed E-state index contributed by atoms with van der Waals surface area (Å²) in [6.45, 7) is 4.12. The van der Waals surface area contributed by atoms with Gasteiger partial charge in [0.25, 0.3) is 11.1 Å². The molecule has 356 valence electrons. The number of rotatable bonds is 14. The number of benzene rings is 2. The summed E-state index contributed by atoms with van der Waals surface area (Å²) < 4.78 is 58.6. The van der Waals surface area contributed by atoms with Gasteiger partial charge in [0, 0.05) is 39.1 Å². The van der Waals surface area contributed by atoms with Crippen molar-refractivity contribution in [3.63, 3.8) is 0 Å². The number of aromatic nitrogens is 2. The predicted octanol–water partition coefficient (Wildman–Crippen LogP) is 4.37. The highest BCUT2D eigenvalue weighted by Crippen LogP contribution is 2.30. The van der Waals surface area contributed by atoms with E-state index in [-0.39, 0.29) is 31.0 Å². The highest BCUT2D eigenvalue weighted by Gasteiger charge is 2.34. The second-order valence-corrected chi connectivity index (χ2v) is 15.2. The number of hydrazone groups is 2. The Morgan fingerprint density at radius 2 is 1.25 bits per heavy atom. The molecule has 3 amide bonds. The molecule has 4 aromatic rings. The lowest BCUT2D eigenvalue weighted by molar-refractivity contribution is -0.150. The van der Waals surface area contributed by atoms with E-state index in [1.54, 1.807) is 52.5 Å². The summed E-state index contributed by atoms with van der Waals surface area (Å²) in [5.74, 6) is -2.48. The molecule has 2 aromatic heterocycles. The molecular formula is C42H45ClF2N10O12. The molecule has 0 aliphatic carbocycles. The number of nitrogens with zero attached hydrogens (tertiary/aromatic N) is 9. The van der Waals surface area contributed by atoms with Crippen molar-refractivity contribution < 1.29 is 65.5 Å². The normalized spacial score (nSPS) is 17.4. The number of carbonyl (C=O) groups excluding carboxylic acids is 6. The highest BCUT2D eigenvalue weighted by atomic mass is 35.5. The van der Waals surface area contributed by atoms with Crippen LogP contribution in [0.25, 0.3) is 0 Å². The highest BCUT2D eigenvalue weighted by molar-refractivity contribution is 6.64. The molecule has 2 fully saturated rings. The van der Waals surface area contributed by atoms with Crippen molar-refractivity contribution >= 4 is 82.3 Å². The smallest absolute Gasteiger partial charge is 0.414 e. The van der Waals surface area contributed by atoms with E-state index in [0.29, 0.717) is 75.5 Å². The lowest BCUT2D eigenvalue weighted by Gasteiger charge is -2.29. The van der Waals surface area contributed by atoms with E-state index in [2.05, 4.69) is 35.4 Å². The second kappa shape index (κ2) is 23.5. The van der Waals surface area contributed by atoms with Crippen LogP contribution in [0, 0.1) is 11.6 Å². The molecule has 8 rings (SSSR count). The molecule has 6 heterocycles. The number of amides is 3. The van der Waals surface area contributed by atoms with Gasteiger partial charge in [-0.15, -0.1) is 0 Å². The minimum absolute atomic E-state index is 0.198. The Morgan fingerprint density at radius 1 is 0.731 bits per heavy atom. The van der Waals surface area contributed by atoms with Crippen LogP contribution in [0.3, 0.4) is 0 Å². The van der Waals surface area contributed by atoms with Crippen LogP contribution in [-0.4, -0.2) is 128 Å². The first-order valence-corrected chi connectivity index (χ1v) is 21.0. The van der Waals surface area contributed by atoms with Gasteiger partial charge in [0.15, 0.2) is 13.2 Å². The maximum Gasteiger partial charge on any atom is 0.414 e. The summed E-state index contributed by atoms with van der Waals surface area (Å²) in [4.78, 5) is 73.1. The van der Waals surface area contributed by atoms with Gasteiger partial charge in [0.1, 0.15) is 49.0 Å². The van der Waals surface area contributed by atoms with Gasteiger partial charge in [-0.1, -0.05) is 10.3 Å². The number of aryl methyl sites for hydroxylation is 2. The number of esters is 2. The number of hydrogen-bond donors (Lipinski definition) is 1. The fourth-order valence-electron chi connectivity index (χ4n) is 6.71. The van der Waals surface area contributed by atoms with Gasteiger partial charge in [-0.05, 0) is 73.7 Å². The molecule has 0 radical (unpaired) electrons. The van der Waals surface area contributed by atoms with Crippen molar-refractivity contribution in [3.8, 4) is 0 Å². The zero-order chi connectivity index (χ0) is 47.9. The Kier molecular flexibility index (Phi) is 17.1. The van der Waals surface area contributed by atoms with Crippen LogP contribution >= 0.6 is 11.6 Å². The van der Waals surface area contributed by atoms with Gasteiger partial charge in [-0.25, -0.2) is 23.4 Å². The van der Waals surface area contributed by atoms with Crippen LogP contribution in [0.15, 0.2) is 80.3 Å². The maximum atomic E-state index is 14.9. The van der Waals surface area contributed by atoms with Crippen LogP contribution in [0.5, 0.6) is 0 Å². The molecule has 0 spiro atoms. The van der Waals surface area contributed by atoms with E-state index in [4.69, 9.17) is 30.1 Å². The summed E-state index contributed by atoms with van der Waals surface area (Å²) in [5, 5.41) is 16.1. The first-order valence-electron chi connectivity index (χ1n) is 20.7. The van der Waals surface area contributed by atoms with E-state index in [0.717, 1.165) is 16.4 Å². The van der Waals surface area contributed by atoms with Crippen molar-refractivity contribution in [1.82, 2.24) is 20.7 Å². The molecule has 22 nitrogen and oxygen atoms in total. The molecule has 0 bridgehead atoms. The zero-order valence-corrected chi connectivity index (χ0v) is 36.9. The minimum atomic E-state index is -0.666. The topological polar surface area (TPSA) is 244 Å². The standard InChI is InChI=1S/C21H22FN5O6.C17H18FN5O3.C4H5ClO3/c1-14(28)31-12-20(29)27-8-7-25(13-23-27)19-5-3-16(10-18(19)22)26-11-17(33-21(26)30)4-2-15-6-9-32-24-15;18-15-9-13(2-4-16(15)22-7-6-19-20-11-22)23-10-14(26-17(23)24)3-1-12-5-8-25-21-12;1-3(6)8-2-4(5)7/h3,5-6,9-10,13,17H,2,4,7-8,11-12H2,1H3;2,4-5,8-9,11,14,19H,1,3,6-7,10H2;2H2,1H3/t17-;14-;/m00./s1. The van der Waals surface area contributed by atoms with E-state index in [9.17, 15) is 37.5 Å². The Hall–Kier alpha value is -7.63. The lowest BCUT2D eigenvalue weighted by atomic mass is 10.1. The maximum absolute atomic E-state index is 14.9. The van der Waals surface area contributed by atoms with Crippen molar-refractivity contribution in [3.05, 3.63) is 84.1 Å². The van der Waals surface area contributed by atoms with Crippen LogP contribution in [0.2, 0.25) is 0 Å². The third-order valence-electron chi connectivity index (χ3n) is 9.99. The monoisotopic (exact) mass is 954 g/mol. The average molecular weight is 955 g/mol.